The van der Waals surface area contributed by atoms with E-state index in [0.29, 0.717) is 30.0 Å². The minimum Gasteiger partial charge on any atom is -0.461 e. The third-order valence-electron chi connectivity index (χ3n) is 5.07. The lowest BCUT2D eigenvalue weighted by Crippen LogP contribution is -2.31. The third kappa shape index (κ3) is 3.77. The van der Waals surface area contributed by atoms with Crippen molar-refractivity contribution in [1.29, 1.82) is 0 Å². The molecule has 0 atom stereocenters. The van der Waals surface area contributed by atoms with Crippen LogP contribution >= 0.6 is 0 Å². The molecule has 2 heterocycles. The van der Waals surface area contributed by atoms with Crippen molar-refractivity contribution in [2.75, 3.05) is 6.54 Å². The summed E-state index contributed by atoms with van der Waals surface area (Å²) in [5.74, 6) is 0.600. The first kappa shape index (κ1) is 16.8. The van der Waals surface area contributed by atoms with Gasteiger partial charge in [0, 0.05) is 19.0 Å². The zero-order chi connectivity index (χ0) is 17.8. The Hall–Kier alpha value is -2.69. The van der Waals surface area contributed by atoms with Crippen LogP contribution in [0.1, 0.15) is 54.0 Å². The maximum atomic E-state index is 12.6. The molecule has 4 rings (SSSR count). The van der Waals surface area contributed by atoms with Gasteiger partial charge in [0.15, 0.2) is 5.58 Å². The summed E-state index contributed by atoms with van der Waals surface area (Å²) in [5, 5.41) is 3.02. The molecule has 0 radical (unpaired) electrons. The Morgan fingerprint density at radius 2 is 1.88 bits per heavy atom. The van der Waals surface area contributed by atoms with E-state index < -0.39 is 0 Å². The van der Waals surface area contributed by atoms with Crippen molar-refractivity contribution >= 4 is 17.0 Å². The van der Waals surface area contributed by atoms with Crippen molar-refractivity contribution < 1.29 is 9.21 Å². The average Bonchev–Trinajstić information content (AvgIpc) is 3.17. The average molecular weight is 349 g/mol. The molecule has 0 saturated heterocycles. The molecule has 2 aromatic heterocycles. The monoisotopic (exact) mass is 349 g/mol. The topological polar surface area (TPSA) is 68.0 Å². The van der Waals surface area contributed by atoms with Crippen LogP contribution in [0.15, 0.2) is 47.1 Å². The molecule has 5 nitrogen and oxygen atoms in total. The largest absolute Gasteiger partial charge is 0.461 e. The van der Waals surface area contributed by atoms with Gasteiger partial charge in [-0.3, -0.25) is 4.79 Å². The number of aromatic nitrogens is 2. The van der Waals surface area contributed by atoms with Gasteiger partial charge in [0.2, 0.25) is 5.82 Å². The SMILES string of the molecule is O=C(NCC1CCCCC1)c1nc(Cc2ccccc2)c2occc2n1. The molecule has 1 aromatic carbocycles. The minimum atomic E-state index is -0.201. The van der Waals surface area contributed by atoms with Crippen LogP contribution in [0.2, 0.25) is 0 Å². The van der Waals surface area contributed by atoms with Crippen molar-refractivity contribution in [3.63, 3.8) is 0 Å². The van der Waals surface area contributed by atoms with Gasteiger partial charge in [0.1, 0.15) is 5.52 Å². The van der Waals surface area contributed by atoms with Crippen LogP contribution in [0, 0.1) is 5.92 Å². The Morgan fingerprint density at radius 1 is 1.08 bits per heavy atom. The molecule has 1 aliphatic carbocycles. The first-order chi connectivity index (χ1) is 12.8. The molecule has 0 unspecified atom stereocenters. The quantitative estimate of drug-likeness (QED) is 0.752. The molecule has 1 fully saturated rings. The maximum absolute atomic E-state index is 12.6. The van der Waals surface area contributed by atoms with Crippen LogP contribution in [0.4, 0.5) is 0 Å². The molecule has 1 N–H and O–H groups in total. The number of amides is 1. The molecule has 0 spiro atoms. The number of carbonyl (C=O) groups is 1. The second kappa shape index (κ2) is 7.68. The summed E-state index contributed by atoms with van der Waals surface area (Å²) < 4.78 is 5.55. The van der Waals surface area contributed by atoms with E-state index in [2.05, 4.69) is 15.3 Å². The van der Waals surface area contributed by atoms with Gasteiger partial charge < -0.3 is 9.73 Å². The molecular formula is C21H23N3O2. The number of hydrogen-bond donors (Lipinski definition) is 1. The number of nitrogens with one attached hydrogen (secondary N) is 1. The molecule has 26 heavy (non-hydrogen) atoms. The van der Waals surface area contributed by atoms with Crippen molar-refractivity contribution in [2.45, 2.75) is 38.5 Å². The smallest absolute Gasteiger partial charge is 0.289 e. The standard InChI is InChI=1S/C21H23N3O2/c25-21(22-14-16-9-5-2-6-10-16)20-23-17-11-12-26-19(17)18(24-20)13-15-7-3-1-4-8-15/h1,3-4,7-8,11-12,16H,2,5-6,9-10,13-14H2,(H,22,25). The fourth-order valence-corrected chi connectivity index (χ4v) is 3.64. The summed E-state index contributed by atoms with van der Waals surface area (Å²) >= 11 is 0. The fourth-order valence-electron chi connectivity index (χ4n) is 3.64. The summed E-state index contributed by atoms with van der Waals surface area (Å²) in [6, 6.07) is 11.8. The van der Waals surface area contributed by atoms with Crippen LogP contribution in [0.3, 0.4) is 0 Å². The summed E-state index contributed by atoms with van der Waals surface area (Å²) in [4.78, 5) is 21.5. The van der Waals surface area contributed by atoms with Crippen LogP contribution in [-0.4, -0.2) is 22.4 Å². The Balaban J connectivity index is 1.54. The highest BCUT2D eigenvalue weighted by Gasteiger charge is 2.19. The van der Waals surface area contributed by atoms with E-state index in [4.69, 9.17) is 4.42 Å². The van der Waals surface area contributed by atoms with Gasteiger partial charge in [-0.2, -0.15) is 0 Å². The summed E-state index contributed by atoms with van der Waals surface area (Å²) in [6.45, 7) is 0.708. The van der Waals surface area contributed by atoms with E-state index in [9.17, 15) is 4.79 Å². The van der Waals surface area contributed by atoms with Gasteiger partial charge in [0.05, 0.1) is 12.0 Å². The molecule has 1 saturated carbocycles. The van der Waals surface area contributed by atoms with Gasteiger partial charge in [-0.05, 0) is 24.3 Å². The second-order valence-electron chi connectivity index (χ2n) is 7.01. The normalized spacial score (nSPS) is 15.2. The zero-order valence-corrected chi connectivity index (χ0v) is 14.8. The molecule has 3 aromatic rings. The molecule has 134 valence electrons. The van der Waals surface area contributed by atoms with E-state index >= 15 is 0 Å². The Bertz CT molecular complexity index is 883. The predicted octanol–water partition coefficient (Wildman–Crippen LogP) is 4.12. The summed E-state index contributed by atoms with van der Waals surface area (Å²) in [7, 11) is 0. The van der Waals surface area contributed by atoms with Gasteiger partial charge in [-0.15, -0.1) is 0 Å². The van der Waals surface area contributed by atoms with Gasteiger partial charge in [-0.25, -0.2) is 9.97 Å². The number of furan rings is 1. The highest BCUT2D eigenvalue weighted by atomic mass is 16.3. The minimum absolute atomic E-state index is 0.201. The van der Waals surface area contributed by atoms with Gasteiger partial charge in [0.25, 0.3) is 5.91 Å². The van der Waals surface area contributed by atoms with E-state index in [1.54, 1.807) is 12.3 Å². The molecule has 1 aliphatic rings. The lowest BCUT2D eigenvalue weighted by Gasteiger charge is -2.21. The molecule has 0 bridgehead atoms. The van der Waals surface area contributed by atoms with Crippen molar-refractivity contribution in [1.82, 2.24) is 15.3 Å². The Morgan fingerprint density at radius 3 is 2.69 bits per heavy atom. The first-order valence-electron chi connectivity index (χ1n) is 9.36. The zero-order valence-electron chi connectivity index (χ0n) is 14.8. The highest BCUT2D eigenvalue weighted by molar-refractivity contribution is 5.92. The number of carbonyl (C=O) groups excluding carboxylic acids is 1. The molecule has 5 heteroatoms. The molecular weight excluding hydrogens is 326 g/mol. The van der Waals surface area contributed by atoms with E-state index in [-0.39, 0.29) is 11.7 Å². The number of rotatable bonds is 5. The lowest BCUT2D eigenvalue weighted by atomic mass is 9.89. The number of benzene rings is 1. The fraction of sp³-hybridized carbons (Fsp3) is 0.381. The lowest BCUT2D eigenvalue weighted by molar-refractivity contribution is 0.0933. The van der Waals surface area contributed by atoms with E-state index in [0.717, 1.165) is 11.3 Å². The van der Waals surface area contributed by atoms with E-state index in [1.807, 2.05) is 30.3 Å². The summed E-state index contributed by atoms with van der Waals surface area (Å²) in [6.07, 6.45) is 8.43. The van der Waals surface area contributed by atoms with Gasteiger partial charge >= 0.3 is 0 Å². The van der Waals surface area contributed by atoms with Crippen molar-refractivity contribution in [3.05, 3.63) is 59.7 Å². The van der Waals surface area contributed by atoms with Crippen LogP contribution < -0.4 is 5.32 Å². The van der Waals surface area contributed by atoms with Crippen molar-refractivity contribution in [3.8, 4) is 0 Å². The first-order valence-corrected chi connectivity index (χ1v) is 9.36. The van der Waals surface area contributed by atoms with Crippen LogP contribution in [0.25, 0.3) is 11.1 Å². The van der Waals surface area contributed by atoms with Crippen LogP contribution in [-0.2, 0) is 6.42 Å². The highest BCUT2D eigenvalue weighted by Crippen LogP contribution is 2.23. The third-order valence-corrected chi connectivity index (χ3v) is 5.07. The van der Waals surface area contributed by atoms with Crippen molar-refractivity contribution in [2.24, 2.45) is 5.92 Å². The number of nitrogens with zero attached hydrogens (tertiary/aromatic N) is 2. The Labute approximate surface area is 152 Å². The molecule has 1 amide bonds. The van der Waals surface area contributed by atoms with Crippen LogP contribution in [0.5, 0.6) is 0 Å². The predicted molar refractivity (Wildman–Crippen MR) is 100.0 cm³/mol. The molecule has 0 aliphatic heterocycles. The maximum Gasteiger partial charge on any atom is 0.289 e. The second-order valence-corrected chi connectivity index (χ2v) is 7.01. The number of hydrogen-bond acceptors (Lipinski definition) is 4. The van der Waals surface area contributed by atoms with Gasteiger partial charge in [-0.1, -0.05) is 49.6 Å². The number of fused-ring (bicyclic) bond motifs is 1. The summed E-state index contributed by atoms with van der Waals surface area (Å²) in [5.41, 5.74) is 3.19. The Kier molecular flexibility index (Phi) is 4.95. The van der Waals surface area contributed by atoms with E-state index in [1.165, 1.54) is 32.1 Å².